The van der Waals surface area contributed by atoms with Crippen LogP contribution < -0.4 is 5.46 Å². The molecule has 1 saturated heterocycles. The van der Waals surface area contributed by atoms with Crippen LogP contribution in [0.15, 0.2) is 24.3 Å². The highest BCUT2D eigenvalue weighted by molar-refractivity contribution is 6.61. The molecule has 62 valence electrons. The fourth-order valence-electron chi connectivity index (χ4n) is 1.17. The summed E-state index contributed by atoms with van der Waals surface area (Å²) >= 11 is 0. The average molecular weight is 166 g/mol. The number of benzene rings is 1. The molecule has 0 saturated carbocycles. The van der Waals surface area contributed by atoms with Crippen molar-refractivity contribution in [1.29, 1.82) is 0 Å². The normalized spacial score (nSPS) is 16.9. The molecule has 12 heavy (non-hydrogen) atoms. The summed E-state index contributed by atoms with van der Waals surface area (Å²) in [6.07, 6.45) is 0. The van der Waals surface area contributed by atoms with Gasteiger partial charge in [-0.1, -0.05) is 12.1 Å². The molecule has 1 aromatic carbocycles. The van der Waals surface area contributed by atoms with Gasteiger partial charge in [-0.25, -0.2) is 4.39 Å². The van der Waals surface area contributed by atoms with Crippen LogP contribution in [-0.4, -0.2) is 20.3 Å². The first-order chi connectivity index (χ1) is 5.86. The fraction of sp³-hybridized carbons (Fsp3) is 0.250. The molecule has 0 spiro atoms. The first-order valence-corrected chi connectivity index (χ1v) is 3.85. The van der Waals surface area contributed by atoms with Crippen LogP contribution in [0.3, 0.4) is 0 Å². The van der Waals surface area contributed by atoms with Crippen LogP contribution in [0.1, 0.15) is 0 Å². The van der Waals surface area contributed by atoms with Crippen molar-refractivity contribution in [1.82, 2.24) is 0 Å². The van der Waals surface area contributed by atoms with E-state index in [1.807, 2.05) is 0 Å². The molecule has 1 aliphatic rings. The lowest BCUT2D eigenvalue weighted by atomic mass is 9.80. The molecular weight excluding hydrogens is 158 g/mol. The Kier molecular flexibility index (Phi) is 2.10. The van der Waals surface area contributed by atoms with E-state index in [4.69, 9.17) is 9.31 Å². The molecule has 2 rings (SSSR count). The Bertz CT molecular complexity index is 256. The smallest absolute Gasteiger partial charge is 0.405 e. The molecule has 0 aliphatic carbocycles. The van der Waals surface area contributed by atoms with Gasteiger partial charge in [-0.05, 0) is 17.6 Å². The Labute approximate surface area is 70.4 Å². The van der Waals surface area contributed by atoms with E-state index in [0.717, 1.165) is 5.46 Å². The molecular formula is C8H8BFO2. The van der Waals surface area contributed by atoms with Crippen molar-refractivity contribution in [2.24, 2.45) is 0 Å². The van der Waals surface area contributed by atoms with Gasteiger partial charge in [-0.15, -0.1) is 0 Å². The minimum Gasteiger partial charge on any atom is -0.405 e. The van der Waals surface area contributed by atoms with Gasteiger partial charge in [0.15, 0.2) is 0 Å². The van der Waals surface area contributed by atoms with Gasteiger partial charge >= 0.3 is 7.12 Å². The molecule has 0 bridgehead atoms. The fourth-order valence-corrected chi connectivity index (χ4v) is 1.17. The summed E-state index contributed by atoms with van der Waals surface area (Å²) in [4.78, 5) is 0. The monoisotopic (exact) mass is 166 g/mol. The van der Waals surface area contributed by atoms with Crippen molar-refractivity contribution in [2.45, 2.75) is 0 Å². The van der Waals surface area contributed by atoms with Crippen molar-refractivity contribution in [3.63, 3.8) is 0 Å². The third-order valence-electron chi connectivity index (χ3n) is 1.76. The molecule has 1 heterocycles. The van der Waals surface area contributed by atoms with Crippen molar-refractivity contribution in [3.05, 3.63) is 30.1 Å². The third-order valence-corrected chi connectivity index (χ3v) is 1.76. The lowest BCUT2D eigenvalue weighted by molar-refractivity contribution is 0.365. The van der Waals surface area contributed by atoms with E-state index in [2.05, 4.69) is 0 Å². The summed E-state index contributed by atoms with van der Waals surface area (Å²) < 4.78 is 23.0. The van der Waals surface area contributed by atoms with Gasteiger partial charge in [0, 0.05) is 0 Å². The zero-order valence-corrected chi connectivity index (χ0v) is 6.50. The van der Waals surface area contributed by atoms with Crippen LogP contribution in [0.5, 0.6) is 0 Å². The number of hydrogen-bond donors (Lipinski definition) is 0. The maximum absolute atomic E-state index is 12.5. The molecule has 0 unspecified atom stereocenters. The Morgan fingerprint density at radius 3 is 2.25 bits per heavy atom. The van der Waals surface area contributed by atoms with Crippen molar-refractivity contribution < 1.29 is 13.7 Å². The highest BCUT2D eigenvalue weighted by Gasteiger charge is 2.25. The van der Waals surface area contributed by atoms with Gasteiger partial charge in [-0.3, -0.25) is 0 Å². The van der Waals surface area contributed by atoms with Crippen molar-refractivity contribution in [2.75, 3.05) is 13.2 Å². The van der Waals surface area contributed by atoms with Crippen LogP contribution in [-0.2, 0) is 9.31 Å². The summed E-state index contributed by atoms with van der Waals surface area (Å²) in [6.45, 7) is 1.23. The third kappa shape index (κ3) is 1.49. The Morgan fingerprint density at radius 1 is 1.08 bits per heavy atom. The highest BCUT2D eigenvalue weighted by Crippen LogP contribution is 2.01. The minimum absolute atomic E-state index is 0.239. The molecule has 2 nitrogen and oxygen atoms in total. The quantitative estimate of drug-likeness (QED) is 0.567. The zero-order valence-electron chi connectivity index (χ0n) is 6.50. The highest BCUT2D eigenvalue weighted by atomic mass is 19.1. The molecule has 0 N–H and O–H groups in total. The zero-order chi connectivity index (χ0) is 8.39. The number of halogens is 1. The molecule has 0 amide bonds. The lowest BCUT2D eigenvalue weighted by Gasteiger charge is -2.02. The van der Waals surface area contributed by atoms with Crippen LogP contribution in [0.4, 0.5) is 4.39 Å². The second-order valence-electron chi connectivity index (χ2n) is 2.63. The van der Waals surface area contributed by atoms with Crippen LogP contribution in [0.25, 0.3) is 0 Å². The lowest BCUT2D eigenvalue weighted by Crippen LogP contribution is -2.31. The predicted octanol–water partition coefficient (Wildman–Crippen LogP) is 0.568. The minimum atomic E-state index is -0.300. The van der Waals surface area contributed by atoms with Gasteiger partial charge in [-0.2, -0.15) is 0 Å². The summed E-state index contributed by atoms with van der Waals surface area (Å²) in [5, 5.41) is 0. The Hall–Kier alpha value is -0.865. The van der Waals surface area contributed by atoms with E-state index in [-0.39, 0.29) is 12.9 Å². The van der Waals surface area contributed by atoms with E-state index in [1.165, 1.54) is 12.1 Å². The molecule has 0 aromatic heterocycles. The maximum atomic E-state index is 12.5. The predicted molar refractivity (Wildman–Crippen MR) is 43.7 cm³/mol. The number of hydrogen-bond acceptors (Lipinski definition) is 2. The second-order valence-corrected chi connectivity index (χ2v) is 2.63. The summed E-state index contributed by atoms with van der Waals surface area (Å²) in [5.74, 6) is -0.239. The van der Waals surface area contributed by atoms with Crippen LogP contribution >= 0.6 is 0 Å². The van der Waals surface area contributed by atoms with E-state index in [1.54, 1.807) is 12.1 Å². The summed E-state index contributed by atoms with van der Waals surface area (Å²) in [7, 11) is -0.300. The molecule has 1 fully saturated rings. The van der Waals surface area contributed by atoms with Crippen LogP contribution in [0.2, 0.25) is 0 Å². The van der Waals surface area contributed by atoms with Gasteiger partial charge in [0.25, 0.3) is 0 Å². The first-order valence-electron chi connectivity index (χ1n) is 3.85. The molecule has 0 atom stereocenters. The van der Waals surface area contributed by atoms with Gasteiger partial charge in [0.1, 0.15) is 5.82 Å². The SMILES string of the molecule is Fc1ccc(B2OCCO2)cc1. The van der Waals surface area contributed by atoms with E-state index in [9.17, 15) is 4.39 Å². The first kappa shape index (κ1) is 7.77. The Balaban J connectivity index is 2.17. The molecule has 1 aliphatic heterocycles. The standard InChI is InChI=1S/C8H8BFO2/c10-8-3-1-7(2-4-8)9-11-5-6-12-9/h1-4H,5-6H2. The number of rotatable bonds is 1. The largest absolute Gasteiger partial charge is 0.494 e. The molecule has 1 aromatic rings. The average Bonchev–Trinajstić information content (AvgIpc) is 2.58. The summed E-state index contributed by atoms with van der Waals surface area (Å²) in [5.41, 5.74) is 0.869. The van der Waals surface area contributed by atoms with Crippen LogP contribution in [0, 0.1) is 5.82 Å². The van der Waals surface area contributed by atoms with Crippen molar-refractivity contribution >= 4 is 12.6 Å². The Morgan fingerprint density at radius 2 is 1.67 bits per heavy atom. The van der Waals surface area contributed by atoms with Gasteiger partial charge in [0.05, 0.1) is 13.2 Å². The van der Waals surface area contributed by atoms with Gasteiger partial charge < -0.3 is 9.31 Å². The second kappa shape index (κ2) is 3.25. The summed E-state index contributed by atoms with van der Waals surface area (Å²) in [6, 6.07) is 6.15. The molecule has 4 heteroatoms. The van der Waals surface area contributed by atoms with E-state index >= 15 is 0 Å². The van der Waals surface area contributed by atoms with Crippen molar-refractivity contribution in [3.8, 4) is 0 Å². The topological polar surface area (TPSA) is 18.5 Å². The van der Waals surface area contributed by atoms with E-state index in [0.29, 0.717) is 13.2 Å². The maximum Gasteiger partial charge on any atom is 0.494 e. The molecule has 0 radical (unpaired) electrons. The van der Waals surface area contributed by atoms with E-state index < -0.39 is 0 Å². The van der Waals surface area contributed by atoms with Gasteiger partial charge in [0.2, 0.25) is 0 Å².